The summed E-state index contributed by atoms with van der Waals surface area (Å²) in [5.41, 5.74) is 5.43. The van der Waals surface area contributed by atoms with Crippen molar-refractivity contribution in [1.29, 1.82) is 0 Å². The maximum atomic E-state index is 4.69. The summed E-state index contributed by atoms with van der Waals surface area (Å²) >= 11 is 1.72. The smallest absolute Gasteiger partial charge is 0.194 e. The number of likely N-dealkylation sites (tertiary alicyclic amines) is 1. The van der Waals surface area contributed by atoms with Crippen molar-refractivity contribution in [2.45, 2.75) is 39.7 Å². The molecule has 28 heavy (non-hydrogen) atoms. The van der Waals surface area contributed by atoms with Crippen molar-refractivity contribution >= 4 is 16.3 Å². The van der Waals surface area contributed by atoms with Crippen molar-refractivity contribution in [1.82, 2.24) is 19.2 Å². The number of aromatic nitrogens is 2. The molecule has 150 valence electrons. The number of piperidine rings is 1. The number of rotatable bonds is 7. The molecule has 0 unspecified atom stereocenters. The molecule has 3 heterocycles. The van der Waals surface area contributed by atoms with Gasteiger partial charge in [-0.1, -0.05) is 24.3 Å². The molecule has 1 aromatic carbocycles. The lowest BCUT2D eigenvalue weighted by atomic mass is 9.96. The second kappa shape index (κ2) is 8.76. The monoisotopic (exact) mass is 396 g/mol. The minimum Gasteiger partial charge on any atom is -0.303 e. The molecule has 1 aliphatic rings. The Labute approximate surface area is 172 Å². The third-order valence-electron chi connectivity index (χ3n) is 6.11. The summed E-state index contributed by atoms with van der Waals surface area (Å²) in [4.78, 5) is 11.0. The Balaban J connectivity index is 1.30. The van der Waals surface area contributed by atoms with Gasteiger partial charge in [-0.2, -0.15) is 0 Å². The molecule has 1 aliphatic heterocycles. The van der Waals surface area contributed by atoms with Gasteiger partial charge in [-0.05, 0) is 63.7 Å². The highest BCUT2D eigenvalue weighted by atomic mass is 32.1. The van der Waals surface area contributed by atoms with Crippen LogP contribution < -0.4 is 0 Å². The number of benzene rings is 1. The Morgan fingerprint density at radius 1 is 1.25 bits per heavy atom. The van der Waals surface area contributed by atoms with Gasteiger partial charge in [0.2, 0.25) is 0 Å². The van der Waals surface area contributed by atoms with Gasteiger partial charge in [0.05, 0.1) is 11.4 Å². The molecule has 2 aromatic heterocycles. The molecule has 0 radical (unpaired) electrons. The average Bonchev–Trinajstić information content (AvgIpc) is 3.24. The number of hydrogen-bond donors (Lipinski definition) is 0. The molecular formula is C23H32N4S. The van der Waals surface area contributed by atoms with Crippen molar-refractivity contribution in [3.05, 3.63) is 58.4 Å². The van der Waals surface area contributed by atoms with E-state index in [1.165, 1.54) is 61.4 Å². The normalized spacial score (nSPS) is 18.4. The van der Waals surface area contributed by atoms with E-state index in [1.54, 1.807) is 11.3 Å². The average molecular weight is 397 g/mol. The molecule has 1 saturated heterocycles. The summed E-state index contributed by atoms with van der Waals surface area (Å²) in [5, 5.41) is 2.12. The number of hydrogen-bond acceptors (Lipinski definition) is 4. The fraction of sp³-hybridized carbons (Fsp3) is 0.522. The predicted octanol–water partition coefficient (Wildman–Crippen LogP) is 4.40. The maximum absolute atomic E-state index is 4.69. The maximum Gasteiger partial charge on any atom is 0.194 e. The van der Waals surface area contributed by atoms with Crippen LogP contribution in [0.4, 0.5) is 0 Å². The van der Waals surface area contributed by atoms with Crippen LogP contribution in [0, 0.1) is 19.8 Å². The highest BCUT2D eigenvalue weighted by molar-refractivity contribution is 7.15. The third-order valence-corrected chi connectivity index (χ3v) is 6.87. The fourth-order valence-electron chi connectivity index (χ4n) is 4.56. The van der Waals surface area contributed by atoms with E-state index in [-0.39, 0.29) is 0 Å². The van der Waals surface area contributed by atoms with E-state index in [0.29, 0.717) is 0 Å². The van der Waals surface area contributed by atoms with E-state index >= 15 is 0 Å². The largest absolute Gasteiger partial charge is 0.303 e. The summed E-state index contributed by atoms with van der Waals surface area (Å²) < 4.78 is 2.26. The minimum atomic E-state index is 0.766. The van der Waals surface area contributed by atoms with E-state index < -0.39 is 0 Å². The van der Waals surface area contributed by atoms with Crippen LogP contribution in [0.25, 0.3) is 4.96 Å². The predicted molar refractivity (Wildman–Crippen MR) is 118 cm³/mol. The van der Waals surface area contributed by atoms with Crippen LogP contribution in [0.3, 0.4) is 0 Å². The van der Waals surface area contributed by atoms with E-state index in [2.05, 4.69) is 70.9 Å². The standard InChI is InChI=1S/C23H32N4S/c1-18-7-4-5-9-21(18)10-12-26-11-6-8-20(16-26)15-25(3)17-22-19(2)24-23-27(22)13-14-28-23/h4-5,7,9,13-14,20H,6,8,10-12,15-17H2,1-3H3/t20-/m1/s1. The number of aryl methyl sites for hydroxylation is 2. The first-order valence-corrected chi connectivity index (χ1v) is 11.3. The summed E-state index contributed by atoms with van der Waals surface area (Å²) in [5.74, 6) is 0.766. The van der Waals surface area contributed by atoms with Gasteiger partial charge in [0.15, 0.2) is 4.96 Å². The molecule has 4 nitrogen and oxygen atoms in total. The van der Waals surface area contributed by atoms with Crippen LogP contribution in [0.15, 0.2) is 35.8 Å². The summed E-state index contributed by atoms with van der Waals surface area (Å²) in [6.45, 7) is 10.2. The Morgan fingerprint density at radius 2 is 2.11 bits per heavy atom. The van der Waals surface area contributed by atoms with E-state index in [0.717, 1.165) is 24.0 Å². The van der Waals surface area contributed by atoms with Crippen LogP contribution >= 0.6 is 11.3 Å². The number of nitrogens with zero attached hydrogens (tertiary/aromatic N) is 4. The zero-order chi connectivity index (χ0) is 19.5. The topological polar surface area (TPSA) is 23.8 Å². The molecule has 0 aliphatic carbocycles. The van der Waals surface area contributed by atoms with E-state index in [1.807, 2.05) is 0 Å². The molecule has 1 fully saturated rings. The second-order valence-electron chi connectivity index (χ2n) is 8.38. The van der Waals surface area contributed by atoms with Crippen LogP contribution in [-0.2, 0) is 13.0 Å². The molecule has 0 bridgehead atoms. The lowest BCUT2D eigenvalue weighted by molar-refractivity contribution is 0.141. The van der Waals surface area contributed by atoms with Crippen LogP contribution in [0.2, 0.25) is 0 Å². The van der Waals surface area contributed by atoms with Crippen molar-refractivity contribution in [2.24, 2.45) is 5.92 Å². The van der Waals surface area contributed by atoms with Crippen molar-refractivity contribution < 1.29 is 0 Å². The van der Waals surface area contributed by atoms with E-state index in [9.17, 15) is 0 Å². The number of fused-ring (bicyclic) bond motifs is 1. The van der Waals surface area contributed by atoms with Gasteiger partial charge in [0.25, 0.3) is 0 Å². The summed E-state index contributed by atoms with van der Waals surface area (Å²) in [6, 6.07) is 8.81. The Hall–Kier alpha value is -1.69. The highest BCUT2D eigenvalue weighted by Gasteiger charge is 2.22. The number of thiazole rings is 1. The molecule has 0 N–H and O–H groups in total. The first kappa shape index (κ1) is 19.6. The molecule has 1 atom stereocenters. The molecule has 0 spiro atoms. The zero-order valence-corrected chi connectivity index (χ0v) is 18.2. The summed E-state index contributed by atoms with van der Waals surface area (Å²) in [6.07, 6.45) is 5.99. The highest BCUT2D eigenvalue weighted by Crippen LogP contribution is 2.21. The van der Waals surface area contributed by atoms with Gasteiger partial charge in [-0.3, -0.25) is 4.40 Å². The van der Waals surface area contributed by atoms with Crippen LogP contribution in [0.5, 0.6) is 0 Å². The second-order valence-corrected chi connectivity index (χ2v) is 9.25. The molecule has 5 heteroatoms. The van der Waals surface area contributed by atoms with E-state index in [4.69, 9.17) is 4.98 Å². The quantitative estimate of drug-likeness (QED) is 0.591. The third kappa shape index (κ3) is 4.48. The zero-order valence-electron chi connectivity index (χ0n) is 17.4. The fourth-order valence-corrected chi connectivity index (χ4v) is 5.34. The number of imidazole rings is 1. The van der Waals surface area contributed by atoms with Crippen molar-refractivity contribution in [3.63, 3.8) is 0 Å². The molecule has 0 amide bonds. The minimum absolute atomic E-state index is 0.766. The van der Waals surface area contributed by atoms with Gasteiger partial charge in [-0.25, -0.2) is 4.98 Å². The molecule has 0 saturated carbocycles. The van der Waals surface area contributed by atoms with Gasteiger partial charge >= 0.3 is 0 Å². The Bertz CT molecular complexity index is 912. The first-order valence-electron chi connectivity index (χ1n) is 10.5. The Kier molecular flexibility index (Phi) is 6.14. The Morgan fingerprint density at radius 3 is 2.96 bits per heavy atom. The van der Waals surface area contributed by atoms with Gasteiger partial charge < -0.3 is 9.80 Å². The van der Waals surface area contributed by atoms with Crippen molar-refractivity contribution in [2.75, 3.05) is 33.2 Å². The molecule has 4 rings (SSSR count). The SMILES string of the molecule is Cc1ccccc1CCN1CCC[C@H](CN(C)Cc2c(C)nc3sccn23)C1. The lowest BCUT2D eigenvalue weighted by Crippen LogP contribution is -2.41. The molecule has 3 aromatic rings. The first-order chi connectivity index (χ1) is 13.6. The molecular weight excluding hydrogens is 364 g/mol. The van der Waals surface area contributed by atoms with Gasteiger partial charge in [-0.15, -0.1) is 11.3 Å². The van der Waals surface area contributed by atoms with Gasteiger partial charge in [0.1, 0.15) is 0 Å². The van der Waals surface area contributed by atoms with Crippen molar-refractivity contribution in [3.8, 4) is 0 Å². The van der Waals surface area contributed by atoms with Gasteiger partial charge in [0, 0.05) is 37.8 Å². The summed E-state index contributed by atoms with van der Waals surface area (Å²) in [7, 11) is 2.26. The lowest BCUT2D eigenvalue weighted by Gasteiger charge is -2.35. The van der Waals surface area contributed by atoms with Crippen LogP contribution in [-0.4, -0.2) is 52.4 Å². The van der Waals surface area contributed by atoms with Crippen LogP contribution in [0.1, 0.15) is 35.4 Å².